The molecule has 0 heterocycles. The van der Waals surface area contributed by atoms with Crippen LogP contribution >= 0.6 is 35.0 Å². The van der Waals surface area contributed by atoms with Crippen LogP contribution in [0.15, 0.2) is 71.6 Å². The largest absolute Gasteiger partial charge is 0.494 e. The maximum absolute atomic E-state index is 13.4. The Morgan fingerprint density at radius 1 is 1.03 bits per heavy atom. The van der Waals surface area contributed by atoms with Gasteiger partial charge in [-0.1, -0.05) is 29.3 Å². The molecule has 0 radical (unpaired) electrons. The fourth-order valence-corrected chi connectivity index (χ4v) is 5.74. The monoisotopic (exact) mass is 570 g/mol. The number of hydrogen-bond acceptors (Lipinski definition) is 5. The van der Waals surface area contributed by atoms with Gasteiger partial charge in [0.1, 0.15) is 18.1 Å². The van der Waals surface area contributed by atoms with Crippen molar-refractivity contribution in [3.63, 3.8) is 0 Å². The van der Waals surface area contributed by atoms with Crippen molar-refractivity contribution in [2.75, 3.05) is 29.8 Å². The van der Waals surface area contributed by atoms with Crippen molar-refractivity contribution in [3.05, 3.63) is 88.2 Å². The number of benzene rings is 3. The van der Waals surface area contributed by atoms with E-state index in [0.717, 1.165) is 22.0 Å². The van der Waals surface area contributed by atoms with Gasteiger partial charge in [0.15, 0.2) is 0 Å². The summed E-state index contributed by atoms with van der Waals surface area (Å²) < 4.78 is 46.5. The van der Waals surface area contributed by atoms with Crippen molar-refractivity contribution in [2.24, 2.45) is 0 Å². The Morgan fingerprint density at radius 3 is 2.36 bits per heavy atom. The minimum atomic E-state index is -4.13. The lowest BCUT2D eigenvalue weighted by molar-refractivity contribution is -0.119. The van der Waals surface area contributed by atoms with Crippen molar-refractivity contribution in [3.8, 4) is 5.75 Å². The first-order valence-corrected chi connectivity index (χ1v) is 14.4. The quantitative estimate of drug-likeness (QED) is 0.279. The van der Waals surface area contributed by atoms with E-state index in [1.54, 1.807) is 48.2 Å². The number of hydrogen-bond donors (Lipinski definition) is 1. The molecule has 0 spiro atoms. The molecule has 3 aromatic rings. The Bertz CT molecular complexity index is 1270. The molecule has 1 N–H and O–H groups in total. The number of sulfonamides is 1. The molecular formula is C25H25Cl2FN2O4S2. The lowest BCUT2D eigenvalue weighted by Gasteiger charge is -2.24. The average molecular weight is 572 g/mol. The first-order valence-electron chi connectivity index (χ1n) is 11.0. The van der Waals surface area contributed by atoms with Gasteiger partial charge in [-0.15, -0.1) is 0 Å². The normalized spacial score (nSPS) is 11.2. The number of carbonyl (C=O) groups excluding carboxylic acids is 1. The second-order valence-corrected chi connectivity index (χ2v) is 11.3. The number of thioether (sulfide) groups is 1. The predicted octanol–water partition coefficient (Wildman–Crippen LogP) is 5.78. The summed E-state index contributed by atoms with van der Waals surface area (Å²) >= 11 is 13.5. The second-order valence-electron chi connectivity index (χ2n) is 7.54. The van der Waals surface area contributed by atoms with E-state index in [-0.39, 0.29) is 10.6 Å². The molecule has 0 fully saturated rings. The third-order valence-electron chi connectivity index (χ3n) is 4.95. The van der Waals surface area contributed by atoms with E-state index in [2.05, 4.69) is 5.32 Å². The molecule has 0 aromatic heterocycles. The summed E-state index contributed by atoms with van der Waals surface area (Å²) in [6.07, 6.45) is 0. The molecule has 0 saturated heterocycles. The van der Waals surface area contributed by atoms with Crippen LogP contribution in [0.1, 0.15) is 12.5 Å². The van der Waals surface area contributed by atoms with Crippen molar-refractivity contribution in [1.82, 2.24) is 5.32 Å². The first-order chi connectivity index (χ1) is 17.2. The van der Waals surface area contributed by atoms with Crippen LogP contribution < -0.4 is 14.4 Å². The van der Waals surface area contributed by atoms with Gasteiger partial charge < -0.3 is 10.1 Å². The van der Waals surface area contributed by atoms with E-state index in [0.29, 0.717) is 40.5 Å². The predicted molar refractivity (Wildman–Crippen MR) is 144 cm³/mol. The summed E-state index contributed by atoms with van der Waals surface area (Å²) in [6, 6.07) is 16.3. The van der Waals surface area contributed by atoms with Crippen LogP contribution in [-0.4, -0.2) is 39.8 Å². The molecule has 6 nitrogen and oxygen atoms in total. The molecule has 1 amide bonds. The number of halogens is 3. The smallest absolute Gasteiger partial charge is 0.264 e. The highest BCUT2D eigenvalue weighted by molar-refractivity contribution is 7.98. The SMILES string of the molecule is CCOc1ccc(N(CC(=O)NCCSCc2ccc(Cl)c(Cl)c2)S(=O)(=O)c2ccc(F)cc2)cc1. The number of nitrogens with one attached hydrogen (secondary N) is 1. The minimum Gasteiger partial charge on any atom is -0.494 e. The Morgan fingerprint density at radius 2 is 1.72 bits per heavy atom. The summed E-state index contributed by atoms with van der Waals surface area (Å²) in [6.45, 7) is 2.21. The molecule has 36 heavy (non-hydrogen) atoms. The highest BCUT2D eigenvalue weighted by Crippen LogP contribution is 2.26. The van der Waals surface area contributed by atoms with E-state index in [1.807, 2.05) is 13.0 Å². The van der Waals surface area contributed by atoms with Crippen LogP contribution in [0.25, 0.3) is 0 Å². The molecule has 3 rings (SSSR count). The second kappa shape index (κ2) is 13.2. The minimum absolute atomic E-state index is 0.122. The van der Waals surface area contributed by atoms with Crippen LogP contribution in [0.5, 0.6) is 5.75 Å². The highest BCUT2D eigenvalue weighted by atomic mass is 35.5. The van der Waals surface area contributed by atoms with Crippen molar-refractivity contribution < 1.29 is 22.3 Å². The topological polar surface area (TPSA) is 75.7 Å². The molecule has 0 aliphatic heterocycles. The fraction of sp³-hybridized carbons (Fsp3) is 0.240. The Balaban J connectivity index is 1.65. The molecule has 192 valence electrons. The summed E-state index contributed by atoms with van der Waals surface area (Å²) in [4.78, 5) is 12.6. The molecule has 0 bridgehead atoms. The Kier molecular flexibility index (Phi) is 10.3. The van der Waals surface area contributed by atoms with Gasteiger partial charge in [-0.25, -0.2) is 12.8 Å². The average Bonchev–Trinajstić information content (AvgIpc) is 2.85. The van der Waals surface area contributed by atoms with Gasteiger partial charge in [0.2, 0.25) is 5.91 Å². The van der Waals surface area contributed by atoms with Gasteiger partial charge in [-0.2, -0.15) is 11.8 Å². The molecule has 0 aliphatic rings. The van der Waals surface area contributed by atoms with Crippen LogP contribution in [-0.2, 0) is 20.6 Å². The van der Waals surface area contributed by atoms with Crippen molar-refractivity contribution in [1.29, 1.82) is 0 Å². The molecule has 11 heteroatoms. The maximum Gasteiger partial charge on any atom is 0.264 e. The van der Waals surface area contributed by atoms with E-state index < -0.39 is 28.3 Å². The third-order valence-corrected chi connectivity index (χ3v) is 8.50. The van der Waals surface area contributed by atoms with Gasteiger partial charge in [-0.05, 0) is 73.2 Å². The van der Waals surface area contributed by atoms with Crippen LogP contribution in [0.4, 0.5) is 10.1 Å². The zero-order valence-corrected chi connectivity index (χ0v) is 22.6. The highest BCUT2D eigenvalue weighted by Gasteiger charge is 2.27. The van der Waals surface area contributed by atoms with Gasteiger partial charge in [0.25, 0.3) is 10.0 Å². The zero-order valence-electron chi connectivity index (χ0n) is 19.4. The maximum atomic E-state index is 13.4. The fourth-order valence-electron chi connectivity index (χ4n) is 3.19. The lowest BCUT2D eigenvalue weighted by atomic mass is 10.2. The van der Waals surface area contributed by atoms with E-state index in [1.165, 1.54) is 12.1 Å². The van der Waals surface area contributed by atoms with Crippen LogP contribution in [0, 0.1) is 5.82 Å². The number of anilines is 1. The molecular weight excluding hydrogens is 546 g/mol. The van der Waals surface area contributed by atoms with Gasteiger partial charge in [0, 0.05) is 18.1 Å². The van der Waals surface area contributed by atoms with Crippen LogP contribution in [0.2, 0.25) is 10.0 Å². The number of carbonyl (C=O) groups is 1. The number of rotatable bonds is 12. The summed E-state index contributed by atoms with van der Waals surface area (Å²) in [5.41, 5.74) is 1.29. The van der Waals surface area contributed by atoms with Gasteiger partial charge >= 0.3 is 0 Å². The third kappa shape index (κ3) is 7.77. The molecule has 0 atom stereocenters. The summed E-state index contributed by atoms with van der Waals surface area (Å²) in [7, 11) is -4.13. The van der Waals surface area contributed by atoms with E-state index in [4.69, 9.17) is 27.9 Å². The number of amides is 1. The van der Waals surface area contributed by atoms with Gasteiger partial charge in [-0.3, -0.25) is 9.10 Å². The summed E-state index contributed by atoms with van der Waals surface area (Å²) in [5.74, 6) is 0.843. The van der Waals surface area contributed by atoms with E-state index >= 15 is 0 Å². The Labute approximate surface area is 224 Å². The molecule has 0 unspecified atom stereocenters. The van der Waals surface area contributed by atoms with Crippen molar-refractivity contribution >= 4 is 56.6 Å². The van der Waals surface area contributed by atoms with Crippen molar-refractivity contribution in [2.45, 2.75) is 17.6 Å². The molecule has 3 aromatic carbocycles. The zero-order chi connectivity index (χ0) is 26.1. The summed E-state index contributed by atoms with van der Waals surface area (Å²) in [5, 5.41) is 3.73. The first kappa shape index (κ1) is 28.1. The number of ether oxygens (including phenoxy) is 1. The lowest BCUT2D eigenvalue weighted by Crippen LogP contribution is -2.41. The van der Waals surface area contributed by atoms with E-state index in [9.17, 15) is 17.6 Å². The standard InChI is InChI=1S/C25H25Cl2FN2O4S2/c1-2-34-21-8-6-20(7-9-21)30(36(32,33)22-10-4-19(28)5-11-22)16-25(31)29-13-14-35-17-18-3-12-23(26)24(27)15-18/h3-12,15H,2,13-14,16-17H2,1H3,(H,29,31). The van der Waals surface area contributed by atoms with Crippen LogP contribution in [0.3, 0.4) is 0 Å². The molecule has 0 aliphatic carbocycles. The Hall–Kier alpha value is -2.46. The number of nitrogens with zero attached hydrogens (tertiary/aromatic N) is 1. The van der Waals surface area contributed by atoms with Gasteiger partial charge in [0.05, 0.1) is 27.2 Å². The molecule has 0 saturated carbocycles.